The second-order valence-corrected chi connectivity index (χ2v) is 6.93. The second-order valence-electron chi connectivity index (χ2n) is 6.50. The van der Waals surface area contributed by atoms with Crippen LogP contribution < -0.4 is 9.64 Å². The molecule has 144 valence electrons. The predicted octanol–water partition coefficient (Wildman–Crippen LogP) is 4.52. The first-order chi connectivity index (χ1) is 13.5. The molecule has 0 aliphatic rings. The summed E-state index contributed by atoms with van der Waals surface area (Å²) in [6.45, 7) is -0.0895. The van der Waals surface area contributed by atoms with E-state index in [1.54, 1.807) is 25.3 Å². The molecule has 3 aromatic rings. The molecule has 0 amide bonds. The highest BCUT2D eigenvalue weighted by Gasteiger charge is 2.10. The number of carboxylic acid groups (broad SMARTS) is 1. The van der Waals surface area contributed by atoms with Crippen molar-refractivity contribution < 1.29 is 14.6 Å². The van der Waals surface area contributed by atoms with Gasteiger partial charge in [0.05, 0.1) is 7.11 Å². The minimum Gasteiger partial charge on any atom is -0.496 e. The van der Waals surface area contributed by atoms with Gasteiger partial charge in [-0.25, -0.2) is 4.98 Å². The minimum atomic E-state index is -0.889. The predicted molar refractivity (Wildman–Crippen MR) is 111 cm³/mol. The zero-order chi connectivity index (χ0) is 20.1. The number of pyridine rings is 1. The van der Waals surface area contributed by atoms with Crippen LogP contribution >= 0.6 is 11.6 Å². The van der Waals surface area contributed by atoms with Gasteiger partial charge < -0.3 is 14.7 Å². The Morgan fingerprint density at radius 2 is 1.93 bits per heavy atom. The number of aliphatic carboxylic acids is 1. The third-order valence-electron chi connectivity index (χ3n) is 4.38. The van der Waals surface area contributed by atoms with E-state index in [1.165, 1.54) is 0 Å². The quantitative estimate of drug-likeness (QED) is 0.636. The number of rotatable bonds is 7. The molecule has 1 heterocycles. The van der Waals surface area contributed by atoms with Gasteiger partial charge >= 0.3 is 5.97 Å². The summed E-state index contributed by atoms with van der Waals surface area (Å²) in [6.07, 6.45) is 2.48. The Balaban J connectivity index is 1.83. The number of carbonyl (C=O) groups is 1. The van der Waals surface area contributed by atoms with Crippen molar-refractivity contribution in [2.45, 2.75) is 6.42 Å². The van der Waals surface area contributed by atoms with E-state index >= 15 is 0 Å². The molecule has 2 aromatic carbocycles. The largest absolute Gasteiger partial charge is 0.496 e. The lowest BCUT2D eigenvalue weighted by atomic mass is 9.99. The highest BCUT2D eigenvalue weighted by Crippen LogP contribution is 2.32. The van der Waals surface area contributed by atoms with Crippen LogP contribution in [-0.2, 0) is 11.2 Å². The van der Waals surface area contributed by atoms with E-state index in [2.05, 4.69) is 11.1 Å². The Morgan fingerprint density at radius 3 is 2.57 bits per heavy atom. The molecule has 0 saturated heterocycles. The van der Waals surface area contributed by atoms with Gasteiger partial charge in [-0.1, -0.05) is 35.9 Å². The summed E-state index contributed by atoms with van der Waals surface area (Å²) < 4.78 is 5.51. The van der Waals surface area contributed by atoms with E-state index in [4.69, 9.17) is 21.4 Å². The van der Waals surface area contributed by atoms with Gasteiger partial charge in [0, 0.05) is 23.8 Å². The van der Waals surface area contributed by atoms with Crippen LogP contribution in [0.25, 0.3) is 11.1 Å². The summed E-state index contributed by atoms with van der Waals surface area (Å²) >= 11 is 6.14. The molecule has 0 radical (unpaired) electrons. The number of hydrogen-bond acceptors (Lipinski definition) is 4. The fourth-order valence-electron chi connectivity index (χ4n) is 3.01. The van der Waals surface area contributed by atoms with Crippen LogP contribution in [0.15, 0.2) is 60.8 Å². The molecule has 3 rings (SSSR count). The minimum absolute atomic E-state index is 0.0895. The van der Waals surface area contributed by atoms with Crippen molar-refractivity contribution in [3.05, 3.63) is 76.9 Å². The van der Waals surface area contributed by atoms with Crippen LogP contribution in [0.2, 0.25) is 5.02 Å². The van der Waals surface area contributed by atoms with Crippen molar-refractivity contribution in [3.63, 3.8) is 0 Å². The van der Waals surface area contributed by atoms with E-state index in [-0.39, 0.29) is 6.54 Å². The van der Waals surface area contributed by atoms with Gasteiger partial charge in [0.1, 0.15) is 18.1 Å². The maximum Gasteiger partial charge on any atom is 0.323 e. The van der Waals surface area contributed by atoms with Crippen molar-refractivity contribution in [1.82, 2.24) is 4.98 Å². The van der Waals surface area contributed by atoms with Crippen LogP contribution in [0.4, 0.5) is 5.82 Å². The average Bonchev–Trinajstić information content (AvgIpc) is 2.68. The number of likely N-dealkylation sites (N-methyl/N-ethyl adjacent to an activating group) is 1. The van der Waals surface area contributed by atoms with Crippen molar-refractivity contribution in [1.29, 1.82) is 0 Å². The smallest absolute Gasteiger partial charge is 0.323 e. The number of halogens is 1. The molecule has 0 fully saturated rings. The fourth-order valence-corrected chi connectivity index (χ4v) is 3.20. The van der Waals surface area contributed by atoms with Gasteiger partial charge in [-0.2, -0.15) is 0 Å². The molecular formula is C22H21ClN2O3. The highest BCUT2D eigenvalue weighted by molar-refractivity contribution is 6.30. The molecule has 0 aliphatic heterocycles. The number of benzene rings is 2. The van der Waals surface area contributed by atoms with Gasteiger partial charge in [0.2, 0.25) is 0 Å². The van der Waals surface area contributed by atoms with Crippen molar-refractivity contribution >= 4 is 23.4 Å². The second kappa shape index (κ2) is 8.76. The van der Waals surface area contributed by atoms with Gasteiger partial charge in [0.25, 0.3) is 0 Å². The van der Waals surface area contributed by atoms with Gasteiger partial charge in [-0.3, -0.25) is 4.79 Å². The zero-order valence-corrected chi connectivity index (χ0v) is 16.5. The normalized spacial score (nSPS) is 10.5. The van der Waals surface area contributed by atoms with Crippen molar-refractivity contribution in [2.75, 3.05) is 25.6 Å². The molecule has 0 bridgehead atoms. The first-order valence-corrected chi connectivity index (χ1v) is 9.15. The SMILES string of the molecule is COc1ccc(Cc2ccc(N(C)CC(=O)O)nc2)cc1-c1cccc(Cl)c1. The van der Waals surface area contributed by atoms with E-state index in [9.17, 15) is 4.79 Å². The van der Waals surface area contributed by atoms with Gasteiger partial charge in [-0.05, 0) is 53.4 Å². The van der Waals surface area contributed by atoms with E-state index < -0.39 is 5.97 Å². The number of hydrogen-bond donors (Lipinski definition) is 1. The number of anilines is 1. The Bertz CT molecular complexity index is 974. The molecule has 0 aliphatic carbocycles. The lowest BCUT2D eigenvalue weighted by Crippen LogP contribution is -2.25. The van der Waals surface area contributed by atoms with Crippen LogP contribution in [0.1, 0.15) is 11.1 Å². The summed E-state index contributed by atoms with van der Waals surface area (Å²) in [7, 11) is 3.36. The Hall–Kier alpha value is -3.05. The molecule has 0 saturated carbocycles. The third kappa shape index (κ3) is 4.81. The summed E-state index contributed by atoms with van der Waals surface area (Å²) in [6, 6.07) is 17.5. The Morgan fingerprint density at radius 1 is 1.14 bits per heavy atom. The third-order valence-corrected chi connectivity index (χ3v) is 4.62. The molecule has 0 spiro atoms. The molecule has 1 N–H and O–H groups in total. The fraction of sp³-hybridized carbons (Fsp3) is 0.182. The van der Waals surface area contributed by atoms with Crippen LogP contribution in [0, 0.1) is 0 Å². The topological polar surface area (TPSA) is 62.7 Å². The lowest BCUT2D eigenvalue weighted by molar-refractivity contribution is -0.135. The number of nitrogens with zero attached hydrogens (tertiary/aromatic N) is 2. The molecule has 1 aromatic heterocycles. The van der Waals surface area contributed by atoms with E-state index in [0.29, 0.717) is 17.3 Å². The lowest BCUT2D eigenvalue weighted by Gasteiger charge is -2.16. The molecule has 6 heteroatoms. The average molecular weight is 397 g/mol. The molecule has 28 heavy (non-hydrogen) atoms. The van der Waals surface area contributed by atoms with E-state index in [1.807, 2.05) is 48.5 Å². The highest BCUT2D eigenvalue weighted by atomic mass is 35.5. The first-order valence-electron chi connectivity index (χ1n) is 8.77. The van der Waals surface area contributed by atoms with Crippen molar-refractivity contribution in [3.8, 4) is 16.9 Å². The molecule has 0 atom stereocenters. The number of aromatic nitrogens is 1. The monoisotopic (exact) mass is 396 g/mol. The summed E-state index contributed by atoms with van der Waals surface area (Å²) in [5.74, 6) is 0.524. The number of methoxy groups -OCH3 is 1. The van der Waals surface area contributed by atoms with Crippen LogP contribution in [0.3, 0.4) is 0 Å². The maximum absolute atomic E-state index is 10.8. The van der Waals surface area contributed by atoms with Gasteiger partial charge in [0.15, 0.2) is 0 Å². The summed E-state index contributed by atoms with van der Waals surface area (Å²) in [5, 5.41) is 9.56. The standard InChI is InChI=1S/C22H21ClN2O3/c1-25(14-22(26)27)21-9-7-16(13-24-21)10-15-6-8-20(28-2)19(11-15)17-4-3-5-18(23)12-17/h3-9,11-13H,10,14H2,1-2H3,(H,26,27). The summed E-state index contributed by atoms with van der Waals surface area (Å²) in [5.41, 5.74) is 4.13. The number of carboxylic acids is 1. The Labute approximate surface area is 169 Å². The zero-order valence-electron chi connectivity index (χ0n) is 15.7. The Kier molecular flexibility index (Phi) is 6.16. The van der Waals surface area contributed by atoms with Crippen LogP contribution in [-0.4, -0.2) is 36.8 Å². The summed E-state index contributed by atoms with van der Waals surface area (Å²) in [4.78, 5) is 16.8. The molecule has 5 nitrogen and oxygen atoms in total. The van der Waals surface area contributed by atoms with Gasteiger partial charge in [-0.15, -0.1) is 0 Å². The van der Waals surface area contributed by atoms with Crippen LogP contribution in [0.5, 0.6) is 5.75 Å². The van der Waals surface area contributed by atoms with Crippen molar-refractivity contribution in [2.24, 2.45) is 0 Å². The molecule has 0 unspecified atom stereocenters. The maximum atomic E-state index is 10.8. The first kappa shape index (κ1) is 19.7. The van der Waals surface area contributed by atoms with E-state index in [0.717, 1.165) is 28.0 Å². The molecular weight excluding hydrogens is 376 g/mol. The number of ether oxygens (including phenoxy) is 1.